The first kappa shape index (κ1) is 11.7. The predicted molar refractivity (Wildman–Crippen MR) is 74.3 cm³/mol. The van der Waals surface area contributed by atoms with E-state index in [0.29, 0.717) is 0 Å². The first-order valence-electron chi connectivity index (χ1n) is 5.60. The topological polar surface area (TPSA) is 40.5 Å². The molecule has 0 radical (unpaired) electrons. The monoisotopic (exact) mass is 244 g/mol. The summed E-state index contributed by atoms with van der Waals surface area (Å²) in [7, 11) is 0.929. The predicted octanol–water partition coefficient (Wildman–Crippen LogP) is 1.37. The molecule has 0 aromatic heterocycles. The van der Waals surface area contributed by atoms with Crippen LogP contribution in [0, 0.1) is 13.8 Å². The number of rotatable bonds is 1. The van der Waals surface area contributed by atoms with Crippen molar-refractivity contribution in [1.29, 1.82) is 0 Å². The van der Waals surface area contributed by atoms with Crippen LogP contribution in [-0.4, -0.2) is 20.5 Å². The molecule has 2 nitrogen and oxygen atoms in total. The van der Waals surface area contributed by atoms with E-state index in [1.54, 1.807) is 0 Å². The minimum atomic E-state index is 0.147. The van der Waals surface area contributed by atoms with Gasteiger partial charge in [-0.25, -0.2) is 0 Å². The zero-order chi connectivity index (χ0) is 12.6. The Morgan fingerprint density at radius 2 is 1.59 bits per heavy atom. The summed E-state index contributed by atoms with van der Waals surface area (Å²) in [5, 5.41) is 20.9. The first-order chi connectivity index (χ1) is 8.02. The molecule has 0 aliphatic carbocycles. The third-order valence-corrected chi connectivity index (χ3v) is 4.14. The largest absolute Gasteiger partial charge is 0.508 e. The van der Waals surface area contributed by atoms with Crippen LogP contribution in [-0.2, 0) is 0 Å². The van der Waals surface area contributed by atoms with Crippen LogP contribution in [0.4, 0.5) is 0 Å². The third kappa shape index (κ3) is 1.94. The summed E-state index contributed by atoms with van der Waals surface area (Å²) in [6.45, 7) is 3.79. The molecule has 0 fully saturated rings. The lowest BCUT2D eigenvalue weighted by Gasteiger charge is -2.14. The molecule has 0 spiro atoms. The smallest absolute Gasteiger partial charge is 0.127 e. The maximum atomic E-state index is 10.0. The van der Waals surface area contributed by atoms with E-state index in [1.165, 1.54) is 11.3 Å². The van der Waals surface area contributed by atoms with Gasteiger partial charge in [-0.15, -0.1) is 0 Å². The van der Waals surface area contributed by atoms with E-state index in [4.69, 9.17) is 0 Å². The fraction of sp³-hybridized carbons (Fsp3) is 0.143. The SMILES string of the molecule is Cc1c(O)cc(O)c(-c2ccccc2[SiH3])c1C. The number of phenolic OH excluding ortho intramolecular Hbond substituents is 2. The van der Waals surface area contributed by atoms with Gasteiger partial charge < -0.3 is 10.2 Å². The summed E-state index contributed by atoms with van der Waals surface area (Å²) in [6, 6.07) is 9.48. The van der Waals surface area contributed by atoms with Crippen molar-refractivity contribution in [3.63, 3.8) is 0 Å². The second-order valence-electron chi connectivity index (χ2n) is 4.35. The number of aromatic hydroxyl groups is 2. The molecule has 0 saturated carbocycles. The lowest BCUT2D eigenvalue weighted by molar-refractivity contribution is 0.448. The van der Waals surface area contributed by atoms with Gasteiger partial charge in [0.2, 0.25) is 0 Å². The van der Waals surface area contributed by atoms with E-state index in [9.17, 15) is 10.2 Å². The molecule has 17 heavy (non-hydrogen) atoms. The van der Waals surface area contributed by atoms with Crippen molar-refractivity contribution < 1.29 is 10.2 Å². The molecule has 2 aromatic carbocycles. The maximum Gasteiger partial charge on any atom is 0.127 e. The second kappa shape index (κ2) is 4.26. The number of hydrogen-bond acceptors (Lipinski definition) is 2. The van der Waals surface area contributed by atoms with Crippen LogP contribution in [0.1, 0.15) is 11.1 Å². The minimum Gasteiger partial charge on any atom is -0.508 e. The minimum absolute atomic E-state index is 0.147. The van der Waals surface area contributed by atoms with Crippen molar-refractivity contribution in [3.05, 3.63) is 41.5 Å². The molecule has 0 heterocycles. The van der Waals surface area contributed by atoms with Crippen LogP contribution in [0.5, 0.6) is 11.5 Å². The molecule has 0 aliphatic heterocycles. The Hall–Kier alpha value is -1.74. The Bertz CT molecular complexity index is 577. The molecule has 88 valence electrons. The molecule has 0 saturated heterocycles. The van der Waals surface area contributed by atoms with E-state index in [-0.39, 0.29) is 11.5 Å². The average Bonchev–Trinajstić information content (AvgIpc) is 2.29. The lowest BCUT2D eigenvalue weighted by atomic mass is 9.95. The molecule has 0 amide bonds. The number of hydrogen-bond donors (Lipinski definition) is 2. The van der Waals surface area contributed by atoms with Crippen molar-refractivity contribution in [2.24, 2.45) is 0 Å². The van der Waals surface area contributed by atoms with E-state index in [2.05, 4.69) is 6.07 Å². The van der Waals surface area contributed by atoms with Gasteiger partial charge in [-0.3, -0.25) is 0 Å². The molecule has 2 N–H and O–H groups in total. The summed E-state index contributed by atoms with van der Waals surface area (Å²) in [5.74, 6) is 0.295. The molecule has 0 unspecified atom stereocenters. The first-order valence-corrected chi connectivity index (χ1v) is 6.60. The van der Waals surface area contributed by atoms with Crippen molar-refractivity contribution in [3.8, 4) is 22.6 Å². The fourth-order valence-corrected chi connectivity index (χ4v) is 2.68. The molecule has 2 rings (SSSR count). The Balaban J connectivity index is 2.77. The van der Waals surface area contributed by atoms with Crippen LogP contribution in [0.15, 0.2) is 30.3 Å². The van der Waals surface area contributed by atoms with Gasteiger partial charge in [-0.2, -0.15) is 0 Å². The molecule has 0 bridgehead atoms. The van der Waals surface area contributed by atoms with Gasteiger partial charge in [-0.1, -0.05) is 29.5 Å². The maximum absolute atomic E-state index is 10.0. The van der Waals surface area contributed by atoms with Crippen molar-refractivity contribution >= 4 is 15.4 Å². The summed E-state index contributed by atoms with van der Waals surface area (Å²) >= 11 is 0. The fourth-order valence-electron chi connectivity index (χ4n) is 2.08. The second-order valence-corrected chi connectivity index (χ2v) is 5.43. The molecule has 0 aliphatic rings. The molecule has 2 aromatic rings. The highest BCUT2D eigenvalue weighted by atomic mass is 28.1. The van der Waals surface area contributed by atoms with Crippen LogP contribution >= 0.6 is 0 Å². The highest BCUT2D eigenvalue weighted by molar-refractivity contribution is 6.36. The Morgan fingerprint density at radius 3 is 2.24 bits per heavy atom. The number of phenols is 2. The summed E-state index contributed by atoms with van der Waals surface area (Å²) in [4.78, 5) is 0. The summed E-state index contributed by atoms with van der Waals surface area (Å²) in [5.41, 5.74) is 3.66. The Kier molecular flexibility index (Phi) is 2.94. The van der Waals surface area contributed by atoms with E-state index < -0.39 is 0 Å². The standard InChI is InChI=1S/C14H16O2Si/c1-8-9(2)14(12(16)7-11(8)15)10-5-3-4-6-13(10)17/h3-7,15-16H,1-2,17H3. The van der Waals surface area contributed by atoms with Crippen LogP contribution < -0.4 is 5.19 Å². The van der Waals surface area contributed by atoms with Gasteiger partial charge in [-0.05, 0) is 30.5 Å². The van der Waals surface area contributed by atoms with E-state index in [1.807, 2.05) is 32.0 Å². The average molecular weight is 244 g/mol. The number of benzene rings is 2. The van der Waals surface area contributed by atoms with Gasteiger partial charge in [0, 0.05) is 21.9 Å². The van der Waals surface area contributed by atoms with Crippen LogP contribution in [0.25, 0.3) is 11.1 Å². The van der Waals surface area contributed by atoms with Crippen molar-refractivity contribution in [1.82, 2.24) is 0 Å². The van der Waals surface area contributed by atoms with Gasteiger partial charge in [0.25, 0.3) is 0 Å². The highest BCUT2D eigenvalue weighted by Gasteiger charge is 2.14. The van der Waals surface area contributed by atoms with E-state index >= 15 is 0 Å². The molecular weight excluding hydrogens is 228 g/mol. The van der Waals surface area contributed by atoms with Gasteiger partial charge in [0.05, 0.1) is 0 Å². The van der Waals surface area contributed by atoms with Crippen LogP contribution in [0.3, 0.4) is 0 Å². The summed E-state index contributed by atoms with van der Waals surface area (Å²) < 4.78 is 0. The zero-order valence-corrected chi connectivity index (χ0v) is 12.3. The van der Waals surface area contributed by atoms with Gasteiger partial charge in [0.1, 0.15) is 11.5 Å². The van der Waals surface area contributed by atoms with Crippen molar-refractivity contribution in [2.45, 2.75) is 13.8 Å². The Labute approximate surface area is 104 Å². The third-order valence-electron chi connectivity index (χ3n) is 3.27. The molecule has 0 atom stereocenters. The normalized spacial score (nSPS) is 10.7. The van der Waals surface area contributed by atoms with Crippen molar-refractivity contribution in [2.75, 3.05) is 0 Å². The summed E-state index contributed by atoms with van der Waals surface area (Å²) in [6.07, 6.45) is 0. The quantitative estimate of drug-likeness (QED) is 0.744. The van der Waals surface area contributed by atoms with Gasteiger partial charge in [0.15, 0.2) is 0 Å². The molecule has 3 heteroatoms. The van der Waals surface area contributed by atoms with E-state index in [0.717, 1.165) is 32.5 Å². The lowest BCUT2D eigenvalue weighted by Crippen LogP contribution is -2.06. The highest BCUT2D eigenvalue weighted by Crippen LogP contribution is 2.37. The van der Waals surface area contributed by atoms with Crippen LogP contribution in [0.2, 0.25) is 0 Å². The van der Waals surface area contributed by atoms with Gasteiger partial charge >= 0.3 is 0 Å². The Morgan fingerprint density at radius 1 is 0.941 bits per heavy atom. The zero-order valence-electron chi connectivity index (χ0n) is 10.3. The molecular formula is C14H16O2Si.